The molecule has 220 valence electrons. The van der Waals surface area contributed by atoms with Crippen molar-refractivity contribution < 1.29 is 4.42 Å². The number of rotatable bonds is 5. The van der Waals surface area contributed by atoms with Crippen LogP contribution >= 0.6 is 0 Å². The van der Waals surface area contributed by atoms with Gasteiger partial charge in [-0.3, -0.25) is 9.97 Å². The van der Waals surface area contributed by atoms with Crippen molar-refractivity contribution in [1.29, 1.82) is 0 Å². The van der Waals surface area contributed by atoms with E-state index in [0.717, 1.165) is 55.2 Å². The normalized spacial score (nSPS) is 11.4. The molecule has 0 spiro atoms. The Morgan fingerprint density at radius 3 is 1.83 bits per heavy atom. The minimum Gasteiger partial charge on any atom is -0.454 e. The maximum Gasteiger partial charge on any atom is 0.164 e. The maximum atomic E-state index is 6.20. The topological polar surface area (TPSA) is 90.5 Å². The van der Waals surface area contributed by atoms with E-state index >= 15 is 0 Å². The molecule has 0 N–H and O–H groups in total. The van der Waals surface area contributed by atoms with E-state index in [1.165, 1.54) is 0 Å². The zero-order valence-electron chi connectivity index (χ0n) is 24.9. The Labute approximate surface area is 269 Å². The van der Waals surface area contributed by atoms with Gasteiger partial charge in [0.1, 0.15) is 17.0 Å². The van der Waals surface area contributed by atoms with Crippen LogP contribution in [0.5, 0.6) is 0 Å². The Hall–Kier alpha value is -6.60. The fourth-order valence-electron chi connectivity index (χ4n) is 5.91. The Bertz CT molecular complexity index is 2520. The molecule has 0 saturated carbocycles. The molecule has 9 aromatic rings. The van der Waals surface area contributed by atoms with Gasteiger partial charge in [-0.1, -0.05) is 103 Å². The third-order valence-corrected chi connectivity index (χ3v) is 8.23. The highest BCUT2D eigenvalue weighted by molar-refractivity contribution is 6.08. The summed E-state index contributed by atoms with van der Waals surface area (Å²) in [4.78, 5) is 29.0. The molecule has 7 heteroatoms. The van der Waals surface area contributed by atoms with Gasteiger partial charge in [-0.15, -0.1) is 0 Å². The van der Waals surface area contributed by atoms with Crippen molar-refractivity contribution in [1.82, 2.24) is 29.9 Å². The summed E-state index contributed by atoms with van der Waals surface area (Å²) in [5.41, 5.74) is 9.22. The van der Waals surface area contributed by atoms with E-state index in [1.807, 2.05) is 103 Å². The first-order valence-corrected chi connectivity index (χ1v) is 15.3. The summed E-state index contributed by atoms with van der Waals surface area (Å²) in [6, 6.07) is 44.3. The van der Waals surface area contributed by atoms with Crippen LogP contribution in [0.4, 0.5) is 0 Å². The molecule has 0 bridgehead atoms. The van der Waals surface area contributed by atoms with Gasteiger partial charge in [0, 0.05) is 33.7 Å². The van der Waals surface area contributed by atoms with Gasteiger partial charge in [0.15, 0.2) is 23.1 Å². The minimum atomic E-state index is 0.608. The zero-order chi connectivity index (χ0) is 31.2. The molecule has 5 aromatic carbocycles. The van der Waals surface area contributed by atoms with Crippen molar-refractivity contribution in [2.75, 3.05) is 0 Å². The van der Waals surface area contributed by atoms with E-state index < -0.39 is 0 Å². The first kappa shape index (κ1) is 26.8. The monoisotopic (exact) mass is 604 g/mol. The number of hydrogen-bond donors (Lipinski definition) is 0. The molecule has 0 saturated heterocycles. The van der Waals surface area contributed by atoms with Crippen molar-refractivity contribution in [3.05, 3.63) is 146 Å². The molecule has 0 unspecified atom stereocenters. The van der Waals surface area contributed by atoms with Gasteiger partial charge in [0.2, 0.25) is 0 Å². The molecule has 0 aliphatic rings. The Morgan fingerprint density at radius 1 is 0.426 bits per heavy atom. The van der Waals surface area contributed by atoms with Gasteiger partial charge in [-0.2, -0.15) is 0 Å². The number of furan rings is 1. The number of aromatic nitrogens is 6. The summed E-state index contributed by atoms with van der Waals surface area (Å²) in [7, 11) is 0. The number of benzene rings is 5. The van der Waals surface area contributed by atoms with Gasteiger partial charge >= 0.3 is 0 Å². The Morgan fingerprint density at radius 2 is 1.06 bits per heavy atom. The van der Waals surface area contributed by atoms with Gasteiger partial charge in [0.05, 0.1) is 17.2 Å². The molecule has 0 atom stereocenters. The lowest BCUT2D eigenvalue weighted by Crippen LogP contribution is -2.00. The van der Waals surface area contributed by atoms with Crippen LogP contribution in [0.3, 0.4) is 0 Å². The highest BCUT2D eigenvalue weighted by Gasteiger charge is 2.16. The summed E-state index contributed by atoms with van der Waals surface area (Å²) >= 11 is 0. The van der Waals surface area contributed by atoms with Gasteiger partial charge < -0.3 is 4.42 Å². The van der Waals surface area contributed by atoms with Gasteiger partial charge in [0.25, 0.3) is 0 Å². The molecular weight excluding hydrogens is 580 g/mol. The first-order valence-electron chi connectivity index (χ1n) is 15.3. The maximum absolute atomic E-state index is 6.20. The molecule has 0 fully saturated rings. The molecule has 9 rings (SSSR count). The molecule has 0 amide bonds. The predicted octanol–water partition coefficient (Wildman–Crippen LogP) is 9.44. The van der Waals surface area contributed by atoms with Crippen LogP contribution in [-0.2, 0) is 0 Å². The summed E-state index contributed by atoms with van der Waals surface area (Å²) < 4.78 is 6.20. The minimum absolute atomic E-state index is 0.608. The quantitative estimate of drug-likeness (QED) is 0.193. The highest BCUT2D eigenvalue weighted by atomic mass is 16.3. The Balaban J connectivity index is 1.10. The number of fused-ring (bicyclic) bond motifs is 4. The summed E-state index contributed by atoms with van der Waals surface area (Å²) in [5.74, 6) is 1.87. The summed E-state index contributed by atoms with van der Waals surface area (Å²) in [5, 5.41) is 2.06. The number of nitrogens with zero attached hydrogens (tertiary/aromatic N) is 6. The molecule has 0 aliphatic heterocycles. The van der Waals surface area contributed by atoms with Gasteiger partial charge in [-0.05, 0) is 41.5 Å². The second-order valence-electron chi connectivity index (χ2n) is 11.2. The Kier molecular flexibility index (Phi) is 6.31. The van der Waals surface area contributed by atoms with Crippen LogP contribution in [0.15, 0.2) is 150 Å². The van der Waals surface area contributed by atoms with Crippen LogP contribution in [0.25, 0.3) is 89.7 Å². The lowest BCUT2D eigenvalue weighted by molar-refractivity contribution is 0.668. The fraction of sp³-hybridized carbons (Fsp3) is 0. The first-order chi connectivity index (χ1) is 23.3. The number of para-hydroxylation sites is 1. The number of hydrogen-bond acceptors (Lipinski definition) is 7. The molecule has 0 aliphatic carbocycles. The molecule has 4 aromatic heterocycles. The van der Waals surface area contributed by atoms with E-state index in [-0.39, 0.29) is 0 Å². The third kappa shape index (κ3) is 4.87. The second-order valence-corrected chi connectivity index (χ2v) is 11.2. The van der Waals surface area contributed by atoms with Crippen molar-refractivity contribution in [2.24, 2.45) is 0 Å². The van der Waals surface area contributed by atoms with Crippen molar-refractivity contribution in [3.8, 4) is 56.7 Å². The van der Waals surface area contributed by atoms with Crippen LogP contribution < -0.4 is 0 Å². The molecule has 0 radical (unpaired) electrons. The molecular formula is C40H24N6O. The number of pyridine rings is 1. The zero-order valence-corrected chi connectivity index (χ0v) is 24.9. The third-order valence-electron chi connectivity index (χ3n) is 8.23. The van der Waals surface area contributed by atoms with Gasteiger partial charge in [-0.25, -0.2) is 19.9 Å². The lowest BCUT2D eigenvalue weighted by Gasteiger charge is -2.10. The molecule has 7 nitrogen and oxygen atoms in total. The SMILES string of the molecule is c1ccc(-c2nc(-c3ccccc3)nc(-c3cccc(-c4ccc5nc(-c6nccc7c6oc6ccccc67)cnc5c4)c3)n2)cc1. The van der Waals surface area contributed by atoms with E-state index in [1.54, 1.807) is 12.4 Å². The van der Waals surface area contributed by atoms with E-state index in [0.29, 0.717) is 34.4 Å². The smallest absolute Gasteiger partial charge is 0.164 e. The molecule has 47 heavy (non-hydrogen) atoms. The summed E-state index contributed by atoms with van der Waals surface area (Å²) in [6.45, 7) is 0. The predicted molar refractivity (Wildman–Crippen MR) is 185 cm³/mol. The lowest BCUT2D eigenvalue weighted by atomic mass is 10.0. The van der Waals surface area contributed by atoms with Crippen molar-refractivity contribution >= 4 is 33.0 Å². The van der Waals surface area contributed by atoms with Crippen molar-refractivity contribution in [2.45, 2.75) is 0 Å². The van der Waals surface area contributed by atoms with E-state index in [2.05, 4.69) is 35.3 Å². The van der Waals surface area contributed by atoms with Crippen LogP contribution in [0, 0.1) is 0 Å². The standard InChI is InChI=1S/C40H24N6O/c1-3-10-25(11-4-1)38-44-39(26-12-5-2-6-13-26)46-40(45-38)29-15-9-14-27(22-29)28-18-19-32-33(23-28)42-24-34(43-32)36-37-31(20-21-41-36)30-16-7-8-17-35(30)47-37/h1-24H. The largest absolute Gasteiger partial charge is 0.454 e. The highest BCUT2D eigenvalue weighted by Crippen LogP contribution is 2.34. The fourth-order valence-corrected chi connectivity index (χ4v) is 5.91. The average Bonchev–Trinajstić information content (AvgIpc) is 3.54. The van der Waals surface area contributed by atoms with Crippen LogP contribution in [0.1, 0.15) is 0 Å². The van der Waals surface area contributed by atoms with Crippen molar-refractivity contribution in [3.63, 3.8) is 0 Å². The second kappa shape index (κ2) is 11.1. The van der Waals surface area contributed by atoms with E-state index in [9.17, 15) is 0 Å². The van der Waals surface area contributed by atoms with Crippen LogP contribution in [0.2, 0.25) is 0 Å². The average molecular weight is 605 g/mol. The van der Waals surface area contributed by atoms with Crippen LogP contribution in [-0.4, -0.2) is 29.9 Å². The summed E-state index contributed by atoms with van der Waals surface area (Å²) in [6.07, 6.45) is 3.55. The molecule has 4 heterocycles. The van der Waals surface area contributed by atoms with E-state index in [4.69, 9.17) is 29.3 Å².